The van der Waals surface area contributed by atoms with Crippen molar-refractivity contribution in [1.82, 2.24) is 0 Å². The summed E-state index contributed by atoms with van der Waals surface area (Å²) in [6.45, 7) is 6.73. The van der Waals surface area contributed by atoms with Crippen molar-refractivity contribution in [3.63, 3.8) is 0 Å². The van der Waals surface area contributed by atoms with Gasteiger partial charge in [0, 0.05) is 6.61 Å². The second-order valence-electron chi connectivity index (χ2n) is 3.11. The van der Waals surface area contributed by atoms with Crippen LogP contribution in [0.3, 0.4) is 0 Å². The first-order valence-corrected chi connectivity index (χ1v) is 8.32. The van der Waals surface area contributed by atoms with Crippen LogP contribution in [0.4, 0.5) is 0 Å². The lowest BCUT2D eigenvalue weighted by atomic mass is 10.6. The smallest absolute Gasteiger partial charge is 0.335 e. The van der Waals surface area contributed by atoms with Crippen LogP contribution >= 0.6 is 25.3 Å². The third-order valence-corrected chi connectivity index (χ3v) is 5.29. The van der Waals surface area contributed by atoms with Crippen LogP contribution in [-0.4, -0.2) is 26.4 Å². The van der Waals surface area contributed by atoms with E-state index in [-0.39, 0.29) is 5.44 Å². The number of rotatable bonds is 7. The van der Waals surface area contributed by atoms with Crippen LogP contribution in [0.5, 0.6) is 0 Å². The third-order valence-electron chi connectivity index (χ3n) is 1.66. The van der Waals surface area contributed by atoms with Gasteiger partial charge in [-0.3, -0.25) is 0 Å². The summed E-state index contributed by atoms with van der Waals surface area (Å²) in [6.07, 6.45) is 1.05. The van der Waals surface area contributed by atoms with Gasteiger partial charge in [0.25, 0.3) is 0 Å². The first-order chi connectivity index (χ1) is 6.04. The molecule has 0 rings (SSSR count). The molecule has 0 heterocycles. The Labute approximate surface area is 93.5 Å². The molecule has 2 atom stereocenters. The van der Waals surface area contributed by atoms with Gasteiger partial charge in [-0.25, -0.2) is 0 Å². The largest absolute Gasteiger partial charge is 0.395 e. The summed E-state index contributed by atoms with van der Waals surface area (Å²) >= 11 is 8.40. The summed E-state index contributed by atoms with van der Waals surface area (Å²) in [5.41, 5.74) is -0.0388. The van der Waals surface area contributed by atoms with Crippen LogP contribution in [0.15, 0.2) is 0 Å². The number of thiol groups is 2. The molecule has 13 heavy (non-hydrogen) atoms. The Hall–Kier alpha value is 0.837. The highest BCUT2D eigenvalue weighted by Gasteiger charge is 2.31. The highest BCUT2D eigenvalue weighted by atomic mass is 32.1. The zero-order valence-electron chi connectivity index (χ0n) is 8.62. The van der Waals surface area contributed by atoms with Crippen molar-refractivity contribution in [2.24, 2.45) is 0 Å². The molecule has 80 valence electrons. The molecule has 0 aliphatic carbocycles. The minimum absolute atomic E-state index is 0.0388. The van der Waals surface area contributed by atoms with Gasteiger partial charge in [0.1, 0.15) is 0 Å². The molecule has 0 amide bonds. The minimum atomic E-state index is -1.96. The van der Waals surface area contributed by atoms with Crippen molar-refractivity contribution < 1.29 is 8.85 Å². The average Bonchev–Trinajstić information content (AvgIpc) is 2.00. The summed E-state index contributed by atoms with van der Waals surface area (Å²) in [6, 6.07) is 0.995. The third kappa shape index (κ3) is 6.85. The van der Waals surface area contributed by atoms with Crippen LogP contribution < -0.4 is 0 Å². The zero-order valence-corrected chi connectivity index (χ0v) is 11.4. The van der Waals surface area contributed by atoms with Gasteiger partial charge >= 0.3 is 8.56 Å². The molecule has 0 fully saturated rings. The monoisotopic (exact) mass is 240 g/mol. The lowest BCUT2D eigenvalue weighted by molar-refractivity contribution is 0.175. The van der Waals surface area contributed by atoms with Gasteiger partial charge in [-0.15, -0.1) is 12.6 Å². The van der Waals surface area contributed by atoms with E-state index in [0.29, 0.717) is 0 Å². The molecular formula is C8H20O2S2Si. The maximum atomic E-state index is 5.73. The highest BCUT2D eigenvalue weighted by molar-refractivity contribution is 7.80. The van der Waals surface area contributed by atoms with Gasteiger partial charge in [-0.1, -0.05) is 0 Å². The summed E-state index contributed by atoms with van der Waals surface area (Å²) in [5.74, 6) is 0.889. The maximum Gasteiger partial charge on any atom is 0.335 e. The first-order valence-electron chi connectivity index (χ1n) is 4.65. The predicted octanol–water partition coefficient (Wildman–Crippen LogP) is 2.71. The maximum absolute atomic E-state index is 5.73. The molecule has 0 saturated carbocycles. The summed E-state index contributed by atoms with van der Waals surface area (Å²) in [5, 5.41) is 0. The van der Waals surface area contributed by atoms with Gasteiger partial charge in [0.2, 0.25) is 0 Å². The second-order valence-corrected chi connectivity index (χ2v) is 7.58. The van der Waals surface area contributed by atoms with E-state index in [1.165, 1.54) is 0 Å². The lowest BCUT2D eigenvalue weighted by Gasteiger charge is -2.28. The van der Waals surface area contributed by atoms with Gasteiger partial charge in [0.05, 0.1) is 5.44 Å². The normalized spacial score (nSPS) is 18.2. The Balaban J connectivity index is 3.99. The minimum Gasteiger partial charge on any atom is -0.395 e. The molecule has 0 spiro atoms. The van der Waals surface area contributed by atoms with E-state index < -0.39 is 8.56 Å². The van der Waals surface area contributed by atoms with Gasteiger partial charge in [-0.05, 0) is 38.6 Å². The topological polar surface area (TPSA) is 18.5 Å². The summed E-state index contributed by atoms with van der Waals surface area (Å²) < 4.78 is 11.4. The Morgan fingerprint density at radius 2 is 2.08 bits per heavy atom. The Morgan fingerprint density at radius 1 is 1.46 bits per heavy atom. The van der Waals surface area contributed by atoms with Crippen molar-refractivity contribution in [2.75, 3.05) is 12.4 Å². The molecule has 2 unspecified atom stereocenters. The van der Waals surface area contributed by atoms with E-state index >= 15 is 0 Å². The van der Waals surface area contributed by atoms with E-state index in [1.54, 1.807) is 0 Å². The number of hydrogen-bond donors (Lipinski definition) is 2. The van der Waals surface area contributed by atoms with Crippen molar-refractivity contribution >= 4 is 33.8 Å². The lowest BCUT2D eigenvalue weighted by Crippen LogP contribution is -2.40. The SMILES string of the molecule is CCO[Si](C)(CCCS)OC(C)S. The zero-order chi connectivity index (χ0) is 10.3. The van der Waals surface area contributed by atoms with Gasteiger partial charge in [0.15, 0.2) is 0 Å². The quantitative estimate of drug-likeness (QED) is 0.405. The molecule has 5 heteroatoms. The molecule has 0 aliphatic rings. The molecule has 0 aromatic carbocycles. The molecule has 0 aromatic rings. The van der Waals surface area contributed by atoms with Crippen molar-refractivity contribution in [3.05, 3.63) is 0 Å². The molecule has 0 radical (unpaired) electrons. The van der Waals surface area contributed by atoms with Crippen LogP contribution in [0.25, 0.3) is 0 Å². The Bertz CT molecular complexity index is 135. The van der Waals surface area contributed by atoms with Gasteiger partial charge in [-0.2, -0.15) is 12.6 Å². The molecule has 0 bridgehead atoms. The first kappa shape index (κ1) is 13.8. The predicted molar refractivity (Wildman–Crippen MR) is 66.1 cm³/mol. The number of hydrogen-bond acceptors (Lipinski definition) is 4. The van der Waals surface area contributed by atoms with Crippen LogP contribution in [0.2, 0.25) is 12.6 Å². The fraction of sp³-hybridized carbons (Fsp3) is 1.00. The van der Waals surface area contributed by atoms with Crippen LogP contribution in [0.1, 0.15) is 20.3 Å². The molecule has 0 N–H and O–H groups in total. The van der Waals surface area contributed by atoms with Crippen LogP contribution in [0, 0.1) is 0 Å². The molecular weight excluding hydrogens is 220 g/mol. The summed E-state index contributed by atoms with van der Waals surface area (Å²) in [7, 11) is -1.96. The standard InChI is InChI=1S/C8H20O2S2Si/c1-4-9-13(3,7-5-6-11)10-8(2)12/h8,11-12H,4-7H2,1-3H3. The van der Waals surface area contributed by atoms with E-state index in [0.717, 1.165) is 24.8 Å². The summed E-state index contributed by atoms with van der Waals surface area (Å²) in [4.78, 5) is 0. The van der Waals surface area contributed by atoms with Gasteiger partial charge < -0.3 is 8.85 Å². The van der Waals surface area contributed by atoms with Crippen molar-refractivity contribution in [3.8, 4) is 0 Å². The average molecular weight is 240 g/mol. The second kappa shape index (κ2) is 7.17. The Morgan fingerprint density at radius 3 is 2.46 bits per heavy atom. The van der Waals surface area contributed by atoms with E-state index in [2.05, 4.69) is 31.8 Å². The molecule has 0 aromatic heterocycles. The van der Waals surface area contributed by atoms with E-state index in [1.807, 2.05) is 13.8 Å². The van der Waals surface area contributed by atoms with Crippen molar-refractivity contribution in [2.45, 2.75) is 38.3 Å². The van der Waals surface area contributed by atoms with Crippen molar-refractivity contribution in [1.29, 1.82) is 0 Å². The molecule has 0 aliphatic heterocycles. The Kier molecular flexibility index (Phi) is 7.63. The fourth-order valence-corrected chi connectivity index (χ4v) is 4.84. The highest BCUT2D eigenvalue weighted by Crippen LogP contribution is 2.19. The van der Waals surface area contributed by atoms with E-state index in [9.17, 15) is 0 Å². The van der Waals surface area contributed by atoms with E-state index in [4.69, 9.17) is 8.85 Å². The fourth-order valence-electron chi connectivity index (χ4n) is 1.23. The molecule has 0 saturated heterocycles. The van der Waals surface area contributed by atoms with Crippen LogP contribution in [-0.2, 0) is 8.85 Å². The molecule has 2 nitrogen and oxygen atoms in total.